The van der Waals surface area contributed by atoms with Crippen LogP contribution in [0.15, 0.2) is 18.2 Å². The molecule has 6 heteroatoms. The maximum Gasteiger partial charge on any atom is 0.227 e. The molecule has 0 radical (unpaired) electrons. The molecule has 2 N–H and O–H groups in total. The van der Waals surface area contributed by atoms with Gasteiger partial charge in [-0.05, 0) is 37.0 Å². The third-order valence-corrected chi connectivity index (χ3v) is 5.13. The Labute approximate surface area is 156 Å². The molecule has 2 amide bonds. The van der Waals surface area contributed by atoms with Crippen molar-refractivity contribution in [3.8, 4) is 5.75 Å². The molecule has 1 aromatic carbocycles. The van der Waals surface area contributed by atoms with Crippen molar-refractivity contribution in [3.05, 3.63) is 23.8 Å². The van der Waals surface area contributed by atoms with Crippen LogP contribution in [-0.2, 0) is 9.59 Å². The molecule has 2 rings (SSSR count). The number of methoxy groups -OCH3 is 1. The Morgan fingerprint density at radius 3 is 2.73 bits per heavy atom. The van der Waals surface area contributed by atoms with Crippen LogP contribution in [0.4, 0.5) is 5.69 Å². The lowest BCUT2D eigenvalue weighted by atomic mass is 10.0. The lowest BCUT2D eigenvalue weighted by molar-refractivity contribution is -0.134. The lowest BCUT2D eigenvalue weighted by Crippen LogP contribution is -2.38. The zero-order chi connectivity index (χ0) is 19.4. The van der Waals surface area contributed by atoms with Crippen LogP contribution in [0.5, 0.6) is 5.75 Å². The minimum atomic E-state index is -0.326. The van der Waals surface area contributed by atoms with E-state index in [1.807, 2.05) is 25.1 Å². The molecule has 6 nitrogen and oxygen atoms in total. The van der Waals surface area contributed by atoms with Crippen LogP contribution in [0.25, 0.3) is 0 Å². The highest BCUT2D eigenvalue weighted by Gasteiger charge is 2.37. The van der Waals surface area contributed by atoms with Crippen molar-refractivity contribution in [2.75, 3.05) is 32.1 Å². The number of amides is 2. The predicted molar refractivity (Wildman–Crippen MR) is 103 cm³/mol. The number of carbonyl (C=O) groups is 2. The summed E-state index contributed by atoms with van der Waals surface area (Å²) >= 11 is 0. The van der Waals surface area contributed by atoms with Crippen LogP contribution in [0.1, 0.15) is 32.3 Å². The fourth-order valence-corrected chi connectivity index (χ4v) is 3.21. The lowest BCUT2D eigenvalue weighted by Gasteiger charge is -2.24. The van der Waals surface area contributed by atoms with Gasteiger partial charge in [-0.15, -0.1) is 0 Å². The number of hydrogen-bond acceptors (Lipinski definition) is 4. The molecule has 1 saturated heterocycles. The average Bonchev–Trinajstić information content (AvgIpc) is 2.99. The first-order valence-corrected chi connectivity index (χ1v) is 9.20. The summed E-state index contributed by atoms with van der Waals surface area (Å²) in [5.41, 5.74) is 7.85. The quantitative estimate of drug-likeness (QED) is 0.808. The molecule has 0 aromatic heterocycles. The molecule has 0 saturated carbocycles. The summed E-state index contributed by atoms with van der Waals surface area (Å²) < 4.78 is 5.39. The number of carbonyl (C=O) groups excluding carboxylic acids is 2. The van der Waals surface area contributed by atoms with E-state index in [2.05, 4.69) is 13.8 Å². The van der Waals surface area contributed by atoms with Gasteiger partial charge in [0.25, 0.3) is 0 Å². The number of aryl methyl sites for hydroxylation is 1. The average molecular weight is 361 g/mol. The minimum absolute atomic E-state index is 0.00317. The largest absolute Gasteiger partial charge is 0.495 e. The van der Waals surface area contributed by atoms with Crippen molar-refractivity contribution >= 4 is 17.5 Å². The van der Waals surface area contributed by atoms with Gasteiger partial charge in [0.05, 0.1) is 18.7 Å². The van der Waals surface area contributed by atoms with Crippen LogP contribution in [0.2, 0.25) is 0 Å². The van der Waals surface area contributed by atoms with Gasteiger partial charge in [0, 0.05) is 32.6 Å². The molecule has 0 bridgehead atoms. The number of benzene rings is 1. The first-order chi connectivity index (χ1) is 12.2. The summed E-state index contributed by atoms with van der Waals surface area (Å²) in [6, 6.07) is 5.79. The van der Waals surface area contributed by atoms with Gasteiger partial charge in [-0.25, -0.2) is 0 Å². The van der Waals surface area contributed by atoms with Gasteiger partial charge in [-0.3, -0.25) is 9.59 Å². The van der Waals surface area contributed by atoms with E-state index in [1.165, 1.54) is 0 Å². The van der Waals surface area contributed by atoms with Crippen LogP contribution >= 0.6 is 0 Å². The van der Waals surface area contributed by atoms with E-state index in [-0.39, 0.29) is 30.2 Å². The second kappa shape index (κ2) is 8.54. The van der Waals surface area contributed by atoms with Gasteiger partial charge in [-0.1, -0.05) is 19.9 Å². The topological polar surface area (TPSA) is 75.9 Å². The van der Waals surface area contributed by atoms with E-state index in [4.69, 9.17) is 10.5 Å². The van der Waals surface area contributed by atoms with Gasteiger partial charge >= 0.3 is 0 Å². The number of ether oxygens (including phenoxy) is 1. The third-order valence-electron chi connectivity index (χ3n) is 5.13. The van der Waals surface area contributed by atoms with Crippen molar-refractivity contribution in [3.63, 3.8) is 0 Å². The van der Waals surface area contributed by atoms with Crippen LogP contribution in [0.3, 0.4) is 0 Å². The monoisotopic (exact) mass is 361 g/mol. The molecule has 2 atom stereocenters. The van der Waals surface area contributed by atoms with Crippen LogP contribution in [-0.4, -0.2) is 50.0 Å². The molecule has 26 heavy (non-hydrogen) atoms. The molecule has 1 fully saturated rings. The Kier molecular flexibility index (Phi) is 6.64. The molecule has 1 aromatic rings. The summed E-state index contributed by atoms with van der Waals surface area (Å²) in [6.45, 7) is 7.12. The molecule has 0 aliphatic carbocycles. The molecule has 1 heterocycles. The number of rotatable bonds is 7. The van der Waals surface area contributed by atoms with Gasteiger partial charge in [0.1, 0.15) is 5.75 Å². The molecule has 0 spiro atoms. The van der Waals surface area contributed by atoms with Gasteiger partial charge in [0.2, 0.25) is 11.8 Å². The Morgan fingerprint density at radius 1 is 1.42 bits per heavy atom. The first-order valence-electron chi connectivity index (χ1n) is 9.20. The van der Waals surface area contributed by atoms with E-state index in [1.54, 1.807) is 24.0 Å². The van der Waals surface area contributed by atoms with Crippen LogP contribution in [0, 0.1) is 18.8 Å². The highest BCUT2D eigenvalue weighted by atomic mass is 16.5. The van der Waals surface area contributed by atoms with Gasteiger partial charge in [-0.2, -0.15) is 0 Å². The Balaban J connectivity index is 2.05. The van der Waals surface area contributed by atoms with E-state index in [0.29, 0.717) is 24.8 Å². The number of nitrogens with two attached hydrogens (primary N) is 1. The Bertz CT molecular complexity index is 660. The number of anilines is 1. The summed E-state index contributed by atoms with van der Waals surface area (Å²) in [5.74, 6) is 0.667. The van der Waals surface area contributed by atoms with Crippen LogP contribution < -0.4 is 15.4 Å². The van der Waals surface area contributed by atoms with Gasteiger partial charge < -0.3 is 20.3 Å². The maximum absolute atomic E-state index is 12.7. The zero-order valence-corrected chi connectivity index (χ0v) is 16.5. The predicted octanol–water partition coefficient (Wildman–Crippen LogP) is 2.19. The zero-order valence-electron chi connectivity index (χ0n) is 16.5. The molecule has 144 valence electrons. The van der Waals surface area contributed by atoms with Crippen molar-refractivity contribution in [1.82, 2.24) is 4.90 Å². The Morgan fingerprint density at radius 2 is 2.12 bits per heavy atom. The van der Waals surface area contributed by atoms with E-state index in [0.717, 1.165) is 17.7 Å². The standard InChI is InChI=1S/C20H31N3O3/c1-13(2)16(21)8-9-22(4)20(25)15-11-19(24)23(12-15)17-10-14(3)6-7-18(17)26-5/h6-7,10,13,15-16H,8-9,11-12,21H2,1-5H3. The fraction of sp³-hybridized carbons (Fsp3) is 0.600. The molecule has 1 aliphatic heterocycles. The van der Waals surface area contributed by atoms with Crippen molar-refractivity contribution in [2.45, 2.75) is 39.7 Å². The fourth-order valence-electron chi connectivity index (χ4n) is 3.21. The summed E-state index contributed by atoms with van der Waals surface area (Å²) in [4.78, 5) is 28.6. The molecule has 1 aliphatic rings. The highest BCUT2D eigenvalue weighted by Crippen LogP contribution is 2.34. The number of nitrogens with zero attached hydrogens (tertiary/aromatic N) is 2. The summed E-state index contributed by atoms with van der Waals surface area (Å²) in [5, 5.41) is 0. The molecular weight excluding hydrogens is 330 g/mol. The Hall–Kier alpha value is -2.08. The summed E-state index contributed by atoms with van der Waals surface area (Å²) in [6.07, 6.45) is 0.993. The molecule has 2 unspecified atom stereocenters. The second-order valence-electron chi connectivity index (χ2n) is 7.54. The number of hydrogen-bond donors (Lipinski definition) is 1. The third kappa shape index (κ3) is 4.55. The molecular formula is C20H31N3O3. The van der Waals surface area contributed by atoms with Gasteiger partial charge in [0.15, 0.2) is 0 Å². The highest BCUT2D eigenvalue weighted by molar-refractivity contribution is 6.01. The normalized spacial score (nSPS) is 18.3. The van der Waals surface area contributed by atoms with E-state index in [9.17, 15) is 9.59 Å². The first kappa shape index (κ1) is 20.2. The van der Waals surface area contributed by atoms with Crippen molar-refractivity contribution in [1.29, 1.82) is 0 Å². The smallest absolute Gasteiger partial charge is 0.227 e. The van der Waals surface area contributed by atoms with E-state index < -0.39 is 0 Å². The van der Waals surface area contributed by atoms with Crippen molar-refractivity contribution < 1.29 is 14.3 Å². The summed E-state index contributed by atoms with van der Waals surface area (Å²) in [7, 11) is 3.37. The second-order valence-corrected chi connectivity index (χ2v) is 7.54. The minimum Gasteiger partial charge on any atom is -0.495 e. The van der Waals surface area contributed by atoms with Crippen molar-refractivity contribution in [2.24, 2.45) is 17.6 Å². The maximum atomic E-state index is 12.7. The van der Waals surface area contributed by atoms with E-state index >= 15 is 0 Å². The SMILES string of the molecule is COc1ccc(C)cc1N1CC(C(=O)N(C)CCC(N)C(C)C)CC1=O.